The molecule has 0 aliphatic heterocycles. The third-order valence-corrected chi connectivity index (χ3v) is 4.17. The average Bonchev–Trinajstić information content (AvgIpc) is 3.03. The van der Waals surface area contributed by atoms with Crippen LogP contribution in [0.4, 0.5) is 14.5 Å². The highest BCUT2D eigenvalue weighted by atomic mass is 32.2. The molecule has 0 radical (unpaired) electrons. The number of amides is 1. The number of hydrogen-bond acceptors (Lipinski definition) is 4. The molecule has 2 aromatic carbocycles. The number of nitrogens with zero attached hydrogens (tertiary/aromatic N) is 1. The molecule has 7 heteroatoms. The van der Waals surface area contributed by atoms with Gasteiger partial charge < -0.3 is 9.73 Å². The number of oxazole rings is 1. The molecule has 0 unspecified atom stereocenters. The van der Waals surface area contributed by atoms with Crippen molar-refractivity contribution in [2.24, 2.45) is 0 Å². The van der Waals surface area contributed by atoms with Crippen LogP contribution in [-0.4, -0.2) is 16.6 Å². The molecule has 0 aliphatic rings. The summed E-state index contributed by atoms with van der Waals surface area (Å²) in [6, 6.07) is 12.4. The van der Waals surface area contributed by atoms with Crippen LogP contribution in [0.15, 0.2) is 59.2 Å². The van der Waals surface area contributed by atoms with Crippen LogP contribution < -0.4 is 5.32 Å². The Bertz CT molecular complexity index is 848. The summed E-state index contributed by atoms with van der Waals surface area (Å²) < 4.78 is 31.6. The predicted octanol–water partition coefficient (Wildman–Crippen LogP) is 4.49. The third-order valence-electron chi connectivity index (χ3n) is 3.20. The van der Waals surface area contributed by atoms with Crippen LogP contribution in [0.3, 0.4) is 0 Å². The van der Waals surface area contributed by atoms with Crippen LogP contribution in [-0.2, 0) is 10.5 Å². The molecule has 3 aromatic rings. The van der Waals surface area contributed by atoms with Crippen LogP contribution in [0.5, 0.6) is 0 Å². The molecule has 0 saturated heterocycles. The van der Waals surface area contributed by atoms with Crippen molar-refractivity contribution in [3.63, 3.8) is 0 Å². The number of halogens is 2. The number of carbonyl (C=O) groups excluding carboxylic acids is 1. The minimum absolute atomic E-state index is 0.0934. The van der Waals surface area contributed by atoms with Gasteiger partial charge in [0.2, 0.25) is 11.8 Å². The normalized spacial score (nSPS) is 10.6. The Morgan fingerprint density at radius 3 is 2.56 bits per heavy atom. The molecule has 1 heterocycles. The molecular formula is C18H14F2N2O2S. The fraction of sp³-hybridized carbons (Fsp3) is 0.111. The minimum Gasteiger partial charge on any atom is -0.444 e. The topological polar surface area (TPSA) is 55.1 Å². The number of anilines is 1. The molecule has 0 spiro atoms. The van der Waals surface area contributed by atoms with Crippen molar-refractivity contribution in [3.05, 3.63) is 72.1 Å². The van der Waals surface area contributed by atoms with E-state index >= 15 is 0 Å². The van der Waals surface area contributed by atoms with Gasteiger partial charge in [-0.2, -0.15) is 0 Å². The molecule has 4 nitrogen and oxygen atoms in total. The van der Waals surface area contributed by atoms with E-state index in [0.29, 0.717) is 17.3 Å². The van der Waals surface area contributed by atoms with Crippen molar-refractivity contribution in [1.29, 1.82) is 0 Å². The molecule has 3 rings (SSSR count). The molecule has 1 aromatic heterocycles. The van der Waals surface area contributed by atoms with Gasteiger partial charge in [-0.3, -0.25) is 4.79 Å². The number of aromatic nitrogens is 1. The summed E-state index contributed by atoms with van der Waals surface area (Å²) in [5.41, 5.74) is 1.69. The highest BCUT2D eigenvalue weighted by Crippen LogP contribution is 2.20. The van der Waals surface area contributed by atoms with Gasteiger partial charge >= 0.3 is 0 Å². The van der Waals surface area contributed by atoms with Crippen molar-refractivity contribution >= 4 is 23.4 Å². The first-order chi connectivity index (χ1) is 12.1. The standard InChI is InChI=1S/C18H14F2N2O2S/c19-13-6-14(20)8-15(7-13)21-17(23)11-25-10-16-9-24-18(22-16)12-4-2-1-3-5-12/h1-9H,10-11H2,(H,21,23). The second-order valence-electron chi connectivity index (χ2n) is 5.21. The highest BCUT2D eigenvalue weighted by Gasteiger charge is 2.09. The lowest BCUT2D eigenvalue weighted by Crippen LogP contribution is -2.14. The van der Waals surface area contributed by atoms with E-state index in [2.05, 4.69) is 10.3 Å². The van der Waals surface area contributed by atoms with Gasteiger partial charge in [0.15, 0.2) is 0 Å². The van der Waals surface area contributed by atoms with Gasteiger partial charge in [-0.05, 0) is 24.3 Å². The zero-order valence-electron chi connectivity index (χ0n) is 13.0. The van der Waals surface area contributed by atoms with Crippen molar-refractivity contribution in [2.75, 3.05) is 11.1 Å². The predicted molar refractivity (Wildman–Crippen MR) is 93.1 cm³/mol. The summed E-state index contributed by atoms with van der Waals surface area (Å²) in [6.07, 6.45) is 1.55. The minimum atomic E-state index is -0.737. The molecule has 25 heavy (non-hydrogen) atoms. The summed E-state index contributed by atoms with van der Waals surface area (Å²) in [4.78, 5) is 16.2. The Morgan fingerprint density at radius 1 is 1.12 bits per heavy atom. The Hall–Kier alpha value is -2.67. The van der Waals surface area contributed by atoms with Gasteiger partial charge in [-0.1, -0.05) is 18.2 Å². The van der Waals surface area contributed by atoms with Gasteiger partial charge in [0.05, 0.1) is 11.4 Å². The van der Waals surface area contributed by atoms with E-state index in [0.717, 1.165) is 23.8 Å². The number of benzene rings is 2. The molecule has 0 aliphatic carbocycles. The van der Waals surface area contributed by atoms with Gasteiger partial charge in [0.25, 0.3) is 0 Å². The second kappa shape index (κ2) is 7.94. The summed E-state index contributed by atoms with van der Waals surface area (Å²) in [5, 5.41) is 2.46. The largest absolute Gasteiger partial charge is 0.444 e. The Morgan fingerprint density at radius 2 is 1.84 bits per heavy atom. The molecule has 0 fully saturated rings. The smallest absolute Gasteiger partial charge is 0.234 e. The van der Waals surface area contributed by atoms with Gasteiger partial charge in [0.1, 0.15) is 17.9 Å². The first kappa shape index (κ1) is 17.2. The van der Waals surface area contributed by atoms with E-state index in [-0.39, 0.29) is 17.3 Å². The summed E-state index contributed by atoms with van der Waals surface area (Å²) in [5.74, 6) is -0.678. The lowest BCUT2D eigenvalue weighted by molar-refractivity contribution is -0.113. The average molecular weight is 360 g/mol. The van der Waals surface area contributed by atoms with E-state index in [1.54, 1.807) is 6.26 Å². The molecule has 0 atom stereocenters. The van der Waals surface area contributed by atoms with Crippen LogP contribution in [0.2, 0.25) is 0 Å². The van der Waals surface area contributed by atoms with Crippen molar-refractivity contribution in [2.45, 2.75) is 5.75 Å². The maximum atomic E-state index is 13.1. The van der Waals surface area contributed by atoms with E-state index < -0.39 is 11.6 Å². The number of thioether (sulfide) groups is 1. The molecule has 0 bridgehead atoms. The summed E-state index contributed by atoms with van der Waals surface area (Å²) >= 11 is 1.33. The Balaban J connectivity index is 1.49. The van der Waals surface area contributed by atoms with Crippen LogP contribution >= 0.6 is 11.8 Å². The van der Waals surface area contributed by atoms with E-state index in [1.807, 2.05) is 30.3 Å². The lowest BCUT2D eigenvalue weighted by Gasteiger charge is -2.05. The van der Waals surface area contributed by atoms with Crippen LogP contribution in [0, 0.1) is 11.6 Å². The third kappa shape index (κ3) is 4.90. The van der Waals surface area contributed by atoms with E-state index in [1.165, 1.54) is 11.8 Å². The summed E-state index contributed by atoms with van der Waals surface area (Å²) in [6.45, 7) is 0. The number of carbonyl (C=O) groups is 1. The fourth-order valence-electron chi connectivity index (χ4n) is 2.16. The van der Waals surface area contributed by atoms with Crippen molar-refractivity contribution < 1.29 is 18.0 Å². The maximum Gasteiger partial charge on any atom is 0.234 e. The fourth-order valence-corrected chi connectivity index (χ4v) is 2.86. The molecule has 128 valence electrons. The molecule has 1 amide bonds. The zero-order chi connectivity index (χ0) is 17.6. The zero-order valence-corrected chi connectivity index (χ0v) is 13.9. The first-order valence-electron chi connectivity index (χ1n) is 7.43. The molecular weight excluding hydrogens is 346 g/mol. The van der Waals surface area contributed by atoms with E-state index in [4.69, 9.17) is 4.42 Å². The summed E-state index contributed by atoms with van der Waals surface area (Å²) in [7, 11) is 0. The monoisotopic (exact) mass is 360 g/mol. The Labute approximate surface area is 147 Å². The SMILES string of the molecule is O=C(CSCc1coc(-c2ccccc2)n1)Nc1cc(F)cc(F)c1. The van der Waals surface area contributed by atoms with Crippen LogP contribution in [0.1, 0.15) is 5.69 Å². The second-order valence-corrected chi connectivity index (χ2v) is 6.19. The van der Waals surface area contributed by atoms with Gasteiger partial charge in [0, 0.05) is 23.1 Å². The molecule has 0 saturated carbocycles. The lowest BCUT2D eigenvalue weighted by atomic mass is 10.2. The number of nitrogens with one attached hydrogen (secondary N) is 1. The Kier molecular flexibility index (Phi) is 5.45. The van der Waals surface area contributed by atoms with Crippen molar-refractivity contribution in [1.82, 2.24) is 4.98 Å². The quantitative estimate of drug-likeness (QED) is 0.704. The van der Waals surface area contributed by atoms with Gasteiger partial charge in [-0.15, -0.1) is 11.8 Å². The van der Waals surface area contributed by atoms with E-state index in [9.17, 15) is 13.6 Å². The number of hydrogen-bond donors (Lipinski definition) is 1. The maximum absolute atomic E-state index is 13.1. The van der Waals surface area contributed by atoms with Gasteiger partial charge in [-0.25, -0.2) is 13.8 Å². The van der Waals surface area contributed by atoms with Crippen molar-refractivity contribution in [3.8, 4) is 11.5 Å². The molecule has 1 N–H and O–H groups in total. The highest BCUT2D eigenvalue weighted by molar-refractivity contribution is 7.99. The number of rotatable bonds is 6. The first-order valence-corrected chi connectivity index (χ1v) is 8.59. The van der Waals surface area contributed by atoms with Crippen LogP contribution in [0.25, 0.3) is 11.5 Å².